The summed E-state index contributed by atoms with van der Waals surface area (Å²) in [7, 11) is 0. The second-order valence-electron chi connectivity index (χ2n) is 4.39. The van der Waals surface area contributed by atoms with Gasteiger partial charge >= 0.3 is 0 Å². The van der Waals surface area contributed by atoms with E-state index in [2.05, 4.69) is 20.3 Å². The predicted molar refractivity (Wildman–Crippen MR) is 82.9 cm³/mol. The number of hydrogen-bond donors (Lipinski definition) is 1. The van der Waals surface area contributed by atoms with Crippen LogP contribution in [0.25, 0.3) is 10.6 Å². The molecule has 6 heteroatoms. The van der Waals surface area contributed by atoms with Crippen molar-refractivity contribution in [2.24, 2.45) is 0 Å². The molecule has 0 radical (unpaired) electrons. The van der Waals surface area contributed by atoms with Crippen LogP contribution in [0.3, 0.4) is 0 Å². The number of nitrogens with zero attached hydrogens (tertiary/aromatic N) is 3. The molecular formula is C15H12N4OS. The Bertz CT molecular complexity index is 771. The number of Topliss-reactive ketones (excluding diaryl/α,β-unsaturated/α-hetero) is 1. The molecule has 104 valence electrons. The number of carbonyl (C=O) groups is 1. The van der Waals surface area contributed by atoms with E-state index in [0.717, 1.165) is 16.3 Å². The molecule has 3 rings (SSSR count). The van der Waals surface area contributed by atoms with Crippen molar-refractivity contribution < 1.29 is 4.79 Å². The molecule has 0 aliphatic heterocycles. The van der Waals surface area contributed by atoms with E-state index in [0.29, 0.717) is 11.5 Å². The molecule has 2 heterocycles. The zero-order valence-corrected chi connectivity index (χ0v) is 12.1. The van der Waals surface area contributed by atoms with E-state index in [1.807, 2.05) is 18.2 Å². The molecule has 1 aromatic carbocycles. The van der Waals surface area contributed by atoms with Gasteiger partial charge in [0, 0.05) is 23.6 Å². The number of benzene rings is 1. The molecule has 0 unspecified atom stereocenters. The summed E-state index contributed by atoms with van der Waals surface area (Å²) in [5.74, 6) is 0.514. The quantitative estimate of drug-likeness (QED) is 0.746. The molecule has 0 saturated carbocycles. The number of rotatable bonds is 4. The van der Waals surface area contributed by atoms with Gasteiger partial charge in [0.2, 0.25) is 5.95 Å². The molecular weight excluding hydrogens is 284 g/mol. The molecule has 0 spiro atoms. The molecule has 0 atom stereocenters. The Labute approximate surface area is 125 Å². The van der Waals surface area contributed by atoms with Crippen LogP contribution in [0.15, 0.2) is 48.2 Å². The van der Waals surface area contributed by atoms with E-state index in [1.54, 1.807) is 37.0 Å². The molecule has 0 fully saturated rings. The average Bonchev–Trinajstić information content (AvgIpc) is 3.02. The summed E-state index contributed by atoms with van der Waals surface area (Å²) in [4.78, 5) is 25.1. The number of anilines is 2. The lowest BCUT2D eigenvalue weighted by Crippen LogP contribution is -1.99. The lowest BCUT2D eigenvalue weighted by atomic mass is 10.1. The lowest BCUT2D eigenvalue weighted by molar-refractivity contribution is 0.101. The van der Waals surface area contributed by atoms with Gasteiger partial charge in [0.1, 0.15) is 0 Å². The van der Waals surface area contributed by atoms with Crippen LogP contribution >= 0.6 is 11.3 Å². The first-order valence-corrected chi connectivity index (χ1v) is 7.20. The maximum absolute atomic E-state index is 11.4. The van der Waals surface area contributed by atoms with Gasteiger partial charge in [0.05, 0.1) is 16.1 Å². The third-order valence-electron chi connectivity index (χ3n) is 2.87. The summed E-state index contributed by atoms with van der Waals surface area (Å²) in [6.45, 7) is 1.54. The van der Waals surface area contributed by atoms with Crippen LogP contribution in [0, 0.1) is 0 Å². The summed E-state index contributed by atoms with van der Waals surface area (Å²) >= 11 is 1.52. The highest BCUT2D eigenvalue weighted by Gasteiger charge is 2.05. The van der Waals surface area contributed by atoms with E-state index in [9.17, 15) is 4.79 Å². The van der Waals surface area contributed by atoms with Gasteiger partial charge in [-0.3, -0.25) is 9.78 Å². The summed E-state index contributed by atoms with van der Waals surface area (Å²) in [6, 6.07) is 9.10. The fourth-order valence-corrected chi connectivity index (χ4v) is 2.43. The van der Waals surface area contributed by atoms with Crippen LogP contribution in [0.1, 0.15) is 17.3 Å². The van der Waals surface area contributed by atoms with E-state index < -0.39 is 0 Å². The van der Waals surface area contributed by atoms with E-state index in [4.69, 9.17) is 0 Å². The molecule has 21 heavy (non-hydrogen) atoms. The Morgan fingerprint density at radius 1 is 1.29 bits per heavy atom. The van der Waals surface area contributed by atoms with Crippen LogP contribution in [0.2, 0.25) is 0 Å². The van der Waals surface area contributed by atoms with Crippen LogP contribution in [-0.2, 0) is 0 Å². The number of ketones is 1. The zero-order valence-electron chi connectivity index (χ0n) is 11.3. The van der Waals surface area contributed by atoms with Gasteiger partial charge in [-0.05, 0) is 25.1 Å². The summed E-state index contributed by atoms with van der Waals surface area (Å²) < 4.78 is 0. The molecule has 0 saturated heterocycles. The lowest BCUT2D eigenvalue weighted by Gasteiger charge is -2.06. The summed E-state index contributed by atoms with van der Waals surface area (Å²) in [5.41, 5.74) is 4.02. The van der Waals surface area contributed by atoms with Crippen molar-refractivity contribution in [3.05, 3.63) is 53.8 Å². The highest BCUT2D eigenvalue weighted by molar-refractivity contribution is 7.13. The van der Waals surface area contributed by atoms with Crippen LogP contribution in [-0.4, -0.2) is 20.7 Å². The van der Waals surface area contributed by atoms with Crippen LogP contribution in [0.5, 0.6) is 0 Å². The highest BCUT2D eigenvalue weighted by Crippen LogP contribution is 2.22. The van der Waals surface area contributed by atoms with Gasteiger partial charge in [-0.2, -0.15) is 0 Å². The molecule has 5 nitrogen and oxygen atoms in total. The normalized spacial score (nSPS) is 10.3. The molecule has 1 N–H and O–H groups in total. The highest BCUT2D eigenvalue weighted by atomic mass is 32.1. The summed E-state index contributed by atoms with van der Waals surface area (Å²) in [5, 5.41) is 3.11. The number of hydrogen-bond acceptors (Lipinski definition) is 6. The van der Waals surface area contributed by atoms with Gasteiger partial charge in [0.25, 0.3) is 0 Å². The molecule has 0 amide bonds. The molecule has 0 aliphatic rings. The van der Waals surface area contributed by atoms with Crippen molar-refractivity contribution >= 4 is 28.8 Å². The maximum atomic E-state index is 11.4. The minimum atomic E-state index is 0.0259. The summed E-state index contributed by atoms with van der Waals surface area (Å²) in [6.07, 6.45) is 3.46. The van der Waals surface area contributed by atoms with Gasteiger partial charge in [0.15, 0.2) is 5.78 Å². The second-order valence-corrected chi connectivity index (χ2v) is 5.28. The Hall–Kier alpha value is -2.60. The van der Waals surface area contributed by atoms with Crippen molar-refractivity contribution in [2.75, 3.05) is 5.32 Å². The predicted octanol–water partition coefficient (Wildman–Crippen LogP) is 3.55. The van der Waals surface area contributed by atoms with Crippen molar-refractivity contribution in [1.82, 2.24) is 15.0 Å². The Kier molecular flexibility index (Phi) is 3.70. The van der Waals surface area contributed by atoms with Crippen LogP contribution in [0.4, 0.5) is 11.6 Å². The van der Waals surface area contributed by atoms with Crippen molar-refractivity contribution in [2.45, 2.75) is 6.92 Å². The van der Waals surface area contributed by atoms with Gasteiger partial charge < -0.3 is 5.32 Å². The first-order valence-electron chi connectivity index (χ1n) is 6.32. The maximum Gasteiger partial charge on any atom is 0.227 e. The van der Waals surface area contributed by atoms with E-state index in [1.165, 1.54) is 11.3 Å². The van der Waals surface area contributed by atoms with Crippen molar-refractivity contribution in [1.29, 1.82) is 0 Å². The van der Waals surface area contributed by atoms with Gasteiger partial charge in [-0.15, -0.1) is 11.3 Å². The van der Waals surface area contributed by atoms with Gasteiger partial charge in [-0.1, -0.05) is 12.1 Å². The van der Waals surface area contributed by atoms with Crippen molar-refractivity contribution in [3.8, 4) is 10.6 Å². The SMILES string of the molecule is CC(=O)c1cccc(Nc2nccc(-c3cncs3)n2)c1. The number of aromatic nitrogens is 3. The molecule has 3 aromatic rings. The van der Waals surface area contributed by atoms with Gasteiger partial charge in [-0.25, -0.2) is 9.97 Å². The fourth-order valence-electron chi connectivity index (χ4n) is 1.84. The smallest absolute Gasteiger partial charge is 0.227 e. The second kappa shape index (κ2) is 5.80. The Balaban J connectivity index is 1.87. The number of thiazole rings is 1. The fraction of sp³-hybridized carbons (Fsp3) is 0.0667. The first kappa shape index (κ1) is 13.4. The van der Waals surface area contributed by atoms with Crippen LogP contribution < -0.4 is 5.32 Å². The minimum Gasteiger partial charge on any atom is -0.324 e. The average molecular weight is 296 g/mol. The number of carbonyl (C=O) groups excluding carboxylic acids is 1. The molecule has 0 bridgehead atoms. The standard InChI is InChI=1S/C15H12N4OS/c1-10(20)11-3-2-4-12(7-11)18-15-17-6-5-13(19-15)14-8-16-9-21-14/h2-9H,1H3,(H,17,18,19). The Morgan fingerprint density at radius 3 is 2.95 bits per heavy atom. The number of nitrogens with one attached hydrogen (secondary N) is 1. The molecule has 2 aromatic heterocycles. The Morgan fingerprint density at radius 2 is 2.19 bits per heavy atom. The molecule has 0 aliphatic carbocycles. The van der Waals surface area contributed by atoms with Crippen molar-refractivity contribution in [3.63, 3.8) is 0 Å². The third kappa shape index (κ3) is 3.11. The van der Waals surface area contributed by atoms with E-state index in [-0.39, 0.29) is 5.78 Å². The third-order valence-corrected chi connectivity index (χ3v) is 3.66. The van der Waals surface area contributed by atoms with E-state index >= 15 is 0 Å². The topological polar surface area (TPSA) is 67.8 Å². The first-order chi connectivity index (χ1) is 10.2. The zero-order chi connectivity index (χ0) is 14.7. The minimum absolute atomic E-state index is 0.0259. The largest absolute Gasteiger partial charge is 0.324 e. The monoisotopic (exact) mass is 296 g/mol.